The Bertz CT molecular complexity index is 405. The van der Waals surface area contributed by atoms with E-state index in [0.29, 0.717) is 24.0 Å². The molecule has 19 heavy (non-hydrogen) atoms. The molecule has 0 amide bonds. The lowest BCUT2D eigenvalue weighted by molar-refractivity contribution is 0.0600. The lowest BCUT2D eigenvalue weighted by atomic mass is 10.1. The summed E-state index contributed by atoms with van der Waals surface area (Å²) in [6.45, 7) is 4.76. The molecule has 0 saturated carbocycles. The van der Waals surface area contributed by atoms with Gasteiger partial charge in [-0.1, -0.05) is 13.8 Å². The van der Waals surface area contributed by atoms with Crippen LogP contribution in [0.4, 0.5) is 5.82 Å². The first-order valence-corrected chi connectivity index (χ1v) is 6.59. The van der Waals surface area contributed by atoms with Gasteiger partial charge in [0.25, 0.3) is 0 Å². The minimum Gasteiger partial charge on any atom is -0.465 e. The number of rotatable bonds is 7. The molecule has 1 heterocycles. The van der Waals surface area contributed by atoms with Gasteiger partial charge in [0.1, 0.15) is 5.82 Å². The Balaban J connectivity index is 3.05. The van der Waals surface area contributed by atoms with Gasteiger partial charge in [-0.3, -0.25) is 0 Å². The molecule has 0 aliphatic rings. The van der Waals surface area contributed by atoms with E-state index in [4.69, 9.17) is 4.74 Å². The van der Waals surface area contributed by atoms with Crippen LogP contribution in [-0.4, -0.2) is 42.4 Å². The highest BCUT2D eigenvalue weighted by Gasteiger charge is 2.17. The standard InChI is InChI=1S/C14H22N2O3/c1-4-12(5-2)16(8-9-17)13-10-11(6-7-15-13)14(18)19-3/h6-7,10,12,17H,4-5,8-9H2,1-3H3. The fourth-order valence-corrected chi connectivity index (χ4v) is 2.14. The summed E-state index contributed by atoms with van der Waals surface area (Å²) in [5.74, 6) is 0.322. The number of pyridine rings is 1. The van der Waals surface area contributed by atoms with Crippen molar-refractivity contribution in [2.75, 3.05) is 25.2 Å². The second-order valence-electron chi connectivity index (χ2n) is 4.28. The first-order valence-electron chi connectivity index (χ1n) is 6.59. The third-order valence-corrected chi connectivity index (χ3v) is 3.19. The molecule has 0 bridgehead atoms. The van der Waals surface area contributed by atoms with Crippen molar-refractivity contribution in [3.05, 3.63) is 23.9 Å². The minimum atomic E-state index is -0.378. The largest absolute Gasteiger partial charge is 0.465 e. The van der Waals surface area contributed by atoms with Gasteiger partial charge in [0.2, 0.25) is 0 Å². The maximum atomic E-state index is 11.5. The first-order chi connectivity index (χ1) is 9.17. The summed E-state index contributed by atoms with van der Waals surface area (Å²) in [4.78, 5) is 17.9. The van der Waals surface area contributed by atoms with E-state index in [1.165, 1.54) is 7.11 Å². The quantitative estimate of drug-likeness (QED) is 0.763. The van der Waals surface area contributed by atoms with Crippen molar-refractivity contribution in [2.45, 2.75) is 32.7 Å². The van der Waals surface area contributed by atoms with Crippen LogP contribution in [0.2, 0.25) is 0 Å². The molecule has 0 aliphatic carbocycles. The molecule has 0 aliphatic heterocycles. The van der Waals surface area contributed by atoms with Crippen LogP contribution >= 0.6 is 0 Å². The van der Waals surface area contributed by atoms with Gasteiger partial charge >= 0.3 is 5.97 Å². The number of esters is 1. The molecule has 0 fully saturated rings. The van der Waals surface area contributed by atoms with Crippen LogP contribution < -0.4 is 4.90 Å². The topological polar surface area (TPSA) is 62.7 Å². The lowest BCUT2D eigenvalue weighted by Gasteiger charge is -2.31. The number of aromatic nitrogens is 1. The normalized spacial score (nSPS) is 10.6. The van der Waals surface area contributed by atoms with Gasteiger partial charge in [0.05, 0.1) is 19.3 Å². The fraction of sp³-hybridized carbons (Fsp3) is 0.571. The monoisotopic (exact) mass is 266 g/mol. The maximum Gasteiger partial charge on any atom is 0.338 e. The summed E-state index contributed by atoms with van der Waals surface area (Å²) in [6.07, 6.45) is 3.51. The number of ether oxygens (including phenoxy) is 1. The van der Waals surface area contributed by atoms with Crippen molar-refractivity contribution in [2.24, 2.45) is 0 Å². The Hall–Kier alpha value is -1.62. The number of carbonyl (C=O) groups is 1. The summed E-state index contributed by atoms with van der Waals surface area (Å²) in [7, 11) is 1.36. The van der Waals surface area contributed by atoms with Crippen LogP contribution in [0.15, 0.2) is 18.3 Å². The van der Waals surface area contributed by atoms with Gasteiger partial charge in [-0.2, -0.15) is 0 Å². The van der Waals surface area contributed by atoms with E-state index in [-0.39, 0.29) is 12.6 Å². The summed E-state index contributed by atoms with van der Waals surface area (Å²) < 4.78 is 4.71. The number of aliphatic hydroxyl groups is 1. The summed E-state index contributed by atoms with van der Waals surface area (Å²) in [6, 6.07) is 3.63. The lowest BCUT2D eigenvalue weighted by Crippen LogP contribution is -2.37. The molecule has 0 radical (unpaired) electrons. The predicted molar refractivity (Wildman–Crippen MR) is 74.4 cm³/mol. The van der Waals surface area contributed by atoms with E-state index < -0.39 is 0 Å². The first kappa shape index (κ1) is 15.4. The van der Waals surface area contributed by atoms with Crippen LogP contribution in [0.1, 0.15) is 37.0 Å². The van der Waals surface area contributed by atoms with E-state index in [1.807, 2.05) is 4.90 Å². The van der Waals surface area contributed by atoms with E-state index in [2.05, 4.69) is 18.8 Å². The minimum absolute atomic E-state index is 0.0562. The average molecular weight is 266 g/mol. The van der Waals surface area contributed by atoms with Crippen LogP contribution in [0.25, 0.3) is 0 Å². The second kappa shape index (κ2) is 7.74. The van der Waals surface area contributed by atoms with E-state index in [1.54, 1.807) is 18.3 Å². The molecule has 106 valence electrons. The smallest absolute Gasteiger partial charge is 0.338 e. The molecule has 0 saturated heterocycles. The summed E-state index contributed by atoms with van der Waals surface area (Å²) >= 11 is 0. The van der Waals surface area contributed by atoms with Crippen molar-refractivity contribution >= 4 is 11.8 Å². The molecule has 0 spiro atoms. The number of methoxy groups -OCH3 is 1. The zero-order valence-corrected chi connectivity index (χ0v) is 11.8. The highest BCUT2D eigenvalue weighted by molar-refractivity contribution is 5.90. The van der Waals surface area contributed by atoms with Crippen molar-refractivity contribution in [3.63, 3.8) is 0 Å². The molecule has 0 atom stereocenters. The van der Waals surface area contributed by atoms with E-state index in [9.17, 15) is 9.90 Å². The van der Waals surface area contributed by atoms with E-state index in [0.717, 1.165) is 12.8 Å². The molecule has 1 rings (SSSR count). The number of carbonyl (C=O) groups excluding carboxylic acids is 1. The van der Waals surface area contributed by atoms with Crippen LogP contribution in [0.3, 0.4) is 0 Å². The number of hydrogen-bond donors (Lipinski definition) is 1. The number of hydrogen-bond acceptors (Lipinski definition) is 5. The van der Waals surface area contributed by atoms with Gasteiger partial charge in [0.15, 0.2) is 0 Å². The van der Waals surface area contributed by atoms with Gasteiger partial charge in [-0.15, -0.1) is 0 Å². The SMILES string of the molecule is CCC(CC)N(CCO)c1cc(C(=O)OC)ccn1. The average Bonchev–Trinajstić information content (AvgIpc) is 2.46. The summed E-state index contributed by atoms with van der Waals surface area (Å²) in [5, 5.41) is 9.20. The Labute approximate surface area is 114 Å². The number of nitrogens with zero attached hydrogens (tertiary/aromatic N) is 2. The van der Waals surface area contributed by atoms with Crippen LogP contribution in [0, 0.1) is 0 Å². The molecule has 1 aromatic rings. The Kier molecular flexibility index (Phi) is 6.29. The Morgan fingerprint density at radius 1 is 1.47 bits per heavy atom. The zero-order valence-electron chi connectivity index (χ0n) is 11.8. The van der Waals surface area contributed by atoms with Crippen LogP contribution in [-0.2, 0) is 4.74 Å². The molecule has 0 unspecified atom stereocenters. The molecule has 1 aromatic heterocycles. The van der Waals surface area contributed by atoms with Gasteiger partial charge in [-0.05, 0) is 25.0 Å². The van der Waals surface area contributed by atoms with E-state index >= 15 is 0 Å². The maximum absolute atomic E-state index is 11.5. The van der Waals surface area contributed by atoms with Gasteiger partial charge in [-0.25, -0.2) is 9.78 Å². The van der Waals surface area contributed by atoms with Crippen molar-refractivity contribution in [1.82, 2.24) is 4.98 Å². The Morgan fingerprint density at radius 2 is 2.16 bits per heavy atom. The summed E-state index contributed by atoms with van der Waals surface area (Å²) in [5.41, 5.74) is 0.474. The van der Waals surface area contributed by atoms with Crippen molar-refractivity contribution in [1.29, 1.82) is 0 Å². The van der Waals surface area contributed by atoms with Crippen LogP contribution in [0.5, 0.6) is 0 Å². The molecule has 5 nitrogen and oxygen atoms in total. The van der Waals surface area contributed by atoms with Crippen molar-refractivity contribution < 1.29 is 14.6 Å². The van der Waals surface area contributed by atoms with Crippen molar-refractivity contribution in [3.8, 4) is 0 Å². The molecule has 5 heteroatoms. The molecular formula is C14H22N2O3. The zero-order chi connectivity index (χ0) is 14.3. The Morgan fingerprint density at radius 3 is 2.68 bits per heavy atom. The second-order valence-corrected chi connectivity index (χ2v) is 4.28. The third kappa shape index (κ3) is 3.92. The highest BCUT2D eigenvalue weighted by Crippen LogP contribution is 2.19. The third-order valence-electron chi connectivity index (χ3n) is 3.19. The van der Waals surface area contributed by atoms with Gasteiger partial charge in [0, 0.05) is 18.8 Å². The highest BCUT2D eigenvalue weighted by atomic mass is 16.5. The molecule has 0 aromatic carbocycles. The number of anilines is 1. The molecular weight excluding hydrogens is 244 g/mol. The predicted octanol–water partition coefficient (Wildman–Crippen LogP) is 1.86. The van der Waals surface area contributed by atoms with Gasteiger partial charge < -0.3 is 14.7 Å². The molecule has 1 N–H and O–H groups in total. The number of aliphatic hydroxyl groups excluding tert-OH is 1. The fourth-order valence-electron chi connectivity index (χ4n) is 2.14.